The van der Waals surface area contributed by atoms with Gasteiger partial charge in [0.1, 0.15) is 0 Å². The van der Waals surface area contributed by atoms with Crippen LogP contribution in [0.5, 0.6) is 0 Å². The number of urea groups is 1. The first-order valence-corrected chi connectivity index (χ1v) is 7.27. The number of carbonyl (C=O) groups is 2. The van der Waals surface area contributed by atoms with Gasteiger partial charge in [-0.1, -0.05) is 30.3 Å². The van der Waals surface area contributed by atoms with Gasteiger partial charge in [-0.05, 0) is 18.4 Å². The third kappa shape index (κ3) is 9.67. The highest BCUT2D eigenvalue weighted by atomic mass is 19.4. The van der Waals surface area contributed by atoms with Crippen LogP contribution in [0.2, 0.25) is 0 Å². The summed E-state index contributed by atoms with van der Waals surface area (Å²) in [5, 5.41) is 13.6. The van der Waals surface area contributed by atoms with E-state index in [9.17, 15) is 22.8 Å². The van der Waals surface area contributed by atoms with E-state index in [4.69, 9.17) is 5.11 Å². The summed E-state index contributed by atoms with van der Waals surface area (Å²) in [5.74, 6) is -0.992. The fourth-order valence-electron chi connectivity index (χ4n) is 1.99. The highest BCUT2D eigenvalue weighted by Crippen LogP contribution is 2.15. The molecule has 24 heavy (non-hydrogen) atoms. The highest BCUT2D eigenvalue weighted by Gasteiger charge is 2.28. The summed E-state index contributed by atoms with van der Waals surface area (Å²) in [7, 11) is 0. The number of aliphatic carboxylic acids is 1. The lowest BCUT2D eigenvalue weighted by molar-refractivity contribution is -0.323. The third-order valence-electron chi connectivity index (χ3n) is 3.02. The van der Waals surface area contributed by atoms with Crippen molar-refractivity contribution in [2.45, 2.75) is 31.7 Å². The molecule has 0 fully saturated rings. The fraction of sp³-hybridized carbons (Fsp3) is 0.467. The Kier molecular flexibility index (Phi) is 8.03. The minimum absolute atomic E-state index is 0.130. The molecule has 0 spiro atoms. The molecule has 1 atom stereocenters. The van der Waals surface area contributed by atoms with Gasteiger partial charge < -0.3 is 15.7 Å². The zero-order chi connectivity index (χ0) is 18.0. The number of hydrogen-bond donors (Lipinski definition) is 3. The maximum absolute atomic E-state index is 11.8. The number of benzene rings is 1. The van der Waals surface area contributed by atoms with Crippen LogP contribution in [0.15, 0.2) is 30.3 Å². The van der Waals surface area contributed by atoms with Gasteiger partial charge in [-0.2, -0.15) is 0 Å². The number of ether oxygens (including phenoxy) is 1. The molecule has 0 aliphatic carbocycles. The van der Waals surface area contributed by atoms with E-state index in [1.165, 1.54) is 0 Å². The van der Waals surface area contributed by atoms with E-state index in [2.05, 4.69) is 15.4 Å². The molecule has 0 radical (unpaired) electrons. The number of carbonyl (C=O) groups excluding carboxylic acids is 1. The lowest BCUT2D eigenvalue weighted by Crippen LogP contribution is -2.44. The van der Waals surface area contributed by atoms with Crippen molar-refractivity contribution >= 4 is 12.0 Å². The Bertz CT molecular complexity index is 523. The molecule has 0 aliphatic rings. The van der Waals surface area contributed by atoms with E-state index in [0.717, 1.165) is 5.56 Å². The van der Waals surface area contributed by atoms with Crippen LogP contribution in [-0.4, -0.2) is 42.7 Å². The molecule has 9 heteroatoms. The number of alkyl halides is 3. The first kappa shape index (κ1) is 19.8. The number of carboxylic acid groups (broad SMARTS) is 1. The molecule has 0 aliphatic heterocycles. The van der Waals surface area contributed by atoms with Gasteiger partial charge in [-0.25, -0.2) is 4.79 Å². The zero-order valence-corrected chi connectivity index (χ0v) is 12.8. The maximum Gasteiger partial charge on any atom is 0.522 e. The molecular formula is C15H19F3N2O4. The van der Waals surface area contributed by atoms with E-state index in [1.807, 2.05) is 30.3 Å². The predicted octanol–water partition coefficient (Wildman–Crippen LogP) is 2.30. The van der Waals surface area contributed by atoms with E-state index in [-0.39, 0.29) is 19.4 Å². The number of carboxylic acids is 1. The highest BCUT2D eigenvalue weighted by molar-refractivity contribution is 5.74. The predicted molar refractivity (Wildman–Crippen MR) is 79.3 cm³/mol. The van der Waals surface area contributed by atoms with Crippen molar-refractivity contribution in [1.29, 1.82) is 0 Å². The molecule has 134 valence electrons. The van der Waals surface area contributed by atoms with Gasteiger partial charge in [0.2, 0.25) is 0 Å². The average molecular weight is 348 g/mol. The molecule has 1 rings (SSSR count). The summed E-state index contributed by atoms with van der Waals surface area (Å²) >= 11 is 0. The molecule has 0 saturated carbocycles. The molecule has 1 aromatic carbocycles. The smallest absolute Gasteiger partial charge is 0.481 e. The number of halogens is 3. The Morgan fingerprint density at radius 2 is 1.88 bits per heavy atom. The van der Waals surface area contributed by atoms with Gasteiger partial charge in [0, 0.05) is 19.0 Å². The zero-order valence-electron chi connectivity index (χ0n) is 12.8. The van der Waals surface area contributed by atoms with Crippen LogP contribution in [0.3, 0.4) is 0 Å². The molecule has 0 aromatic heterocycles. The van der Waals surface area contributed by atoms with E-state index in [0.29, 0.717) is 6.42 Å². The fourth-order valence-corrected chi connectivity index (χ4v) is 1.99. The molecule has 0 heterocycles. The molecule has 1 unspecified atom stereocenters. The van der Waals surface area contributed by atoms with Crippen LogP contribution in [-0.2, 0) is 16.0 Å². The normalized spacial score (nSPS) is 12.5. The second-order valence-corrected chi connectivity index (χ2v) is 5.01. The Morgan fingerprint density at radius 3 is 2.46 bits per heavy atom. The standard InChI is InChI=1S/C15H19F3N2O4/c16-15(17,18)24-9-8-19-14(23)20-12(6-7-13(21)22)10-11-4-2-1-3-5-11/h1-5,12H,6-10H2,(H,21,22)(H2,19,20,23). The van der Waals surface area contributed by atoms with Gasteiger partial charge in [0.25, 0.3) is 0 Å². The summed E-state index contributed by atoms with van der Waals surface area (Å²) in [6.07, 6.45) is -4.25. The van der Waals surface area contributed by atoms with Gasteiger partial charge in [0.15, 0.2) is 0 Å². The summed E-state index contributed by atoms with van der Waals surface area (Å²) < 4.78 is 38.9. The Morgan fingerprint density at radius 1 is 1.21 bits per heavy atom. The van der Waals surface area contributed by atoms with Crippen molar-refractivity contribution in [2.75, 3.05) is 13.2 Å². The lowest BCUT2D eigenvalue weighted by Gasteiger charge is -2.19. The molecule has 0 saturated heterocycles. The minimum atomic E-state index is -4.74. The van der Waals surface area contributed by atoms with Crippen LogP contribution in [0.1, 0.15) is 18.4 Å². The van der Waals surface area contributed by atoms with Crippen LogP contribution >= 0.6 is 0 Å². The maximum atomic E-state index is 11.8. The number of nitrogens with one attached hydrogen (secondary N) is 2. The van der Waals surface area contributed by atoms with Crippen molar-refractivity contribution in [2.24, 2.45) is 0 Å². The minimum Gasteiger partial charge on any atom is -0.481 e. The van der Waals surface area contributed by atoms with E-state index >= 15 is 0 Å². The molecule has 1 aromatic rings. The molecule has 3 N–H and O–H groups in total. The quantitative estimate of drug-likeness (QED) is 0.598. The largest absolute Gasteiger partial charge is 0.522 e. The Labute approximate surface area is 137 Å². The lowest BCUT2D eigenvalue weighted by atomic mass is 10.0. The monoisotopic (exact) mass is 348 g/mol. The summed E-state index contributed by atoms with van der Waals surface area (Å²) in [6, 6.07) is 8.01. The number of hydrogen-bond acceptors (Lipinski definition) is 3. The van der Waals surface area contributed by atoms with E-state index in [1.54, 1.807) is 0 Å². The SMILES string of the molecule is O=C(O)CCC(Cc1ccccc1)NC(=O)NCCOC(F)(F)F. The Balaban J connectivity index is 2.45. The van der Waals surface area contributed by atoms with Crippen LogP contribution in [0.25, 0.3) is 0 Å². The van der Waals surface area contributed by atoms with Gasteiger partial charge in [-0.3, -0.25) is 9.53 Å². The van der Waals surface area contributed by atoms with E-state index < -0.39 is 31.0 Å². The van der Waals surface area contributed by atoms with Crippen molar-refractivity contribution in [1.82, 2.24) is 10.6 Å². The molecular weight excluding hydrogens is 329 g/mol. The molecule has 2 amide bonds. The average Bonchev–Trinajstić information content (AvgIpc) is 2.49. The van der Waals surface area contributed by atoms with Gasteiger partial charge in [-0.15, -0.1) is 13.2 Å². The summed E-state index contributed by atoms with van der Waals surface area (Å²) in [6.45, 7) is -1.02. The van der Waals surface area contributed by atoms with Crippen LogP contribution in [0, 0.1) is 0 Å². The van der Waals surface area contributed by atoms with Crippen molar-refractivity contribution < 1.29 is 32.6 Å². The molecule has 6 nitrogen and oxygen atoms in total. The van der Waals surface area contributed by atoms with Crippen molar-refractivity contribution in [3.63, 3.8) is 0 Å². The number of amides is 2. The van der Waals surface area contributed by atoms with Crippen LogP contribution in [0.4, 0.5) is 18.0 Å². The number of rotatable bonds is 9. The first-order valence-electron chi connectivity index (χ1n) is 7.27. The first-order chi connectivity index (χ1) is 11.3. The summed E-state index contributed by atoms with van der Waals surface area (Å²) in [4.78, 5) is 22.4. The van der Waals surface area contributed by atoms with Crippen LogP contribution < -0.4 is 10.6 Å². The van der Waals surface area contributed by atoms with Crippen molar-refractivity contribution in [3.05, 3.63) is 35.9 Å². The summed E-state index contributed by atoms with van der Waals surface area (Å²) in [5.41, 5.74) is 0.911. The topological polar surface area (TPSA) is 87.7 Å². The Hall–Kier alpha value is -2.29. The second-order valence-electron chi connectivity index (χ2n) is 5.01. The van der Waals surface area contributed by atoms with Crippen molar-refractivity contribution in [3.8, 4) is 0 Å². The van der Waals surface area contributed by atoms with Gasteiger partial charge in [0.05, 0.1) is 6.61 Å². The van der Waals surface area contributed by atoms with Gasteiger partial charge >= 0.3 is 18.4 Å². The third-order valence-corrected chi connectivity index (χ3v) is 3.02. The second kappa shape index (κ2) is 9.76. The molecule has 0 bridgehead atoms.